The molecule has 0 saturated heterocycles. The molecule has 3 atom stereocenters. The summed E-state index contributed by atoms with van der Waals surface area (Å²) in [7, 11) is 0. The number of carbonyl (C=O) groups excluding carboxylic acids is 3. The minimum Gasteiger partial charge on any atom is -0.463 e. The Kier molecular flexibility index (Phi) is 14.4. The quantitative estimate of drug-likeness (QED) is 0.170. The Morgan fingerprint density at radius 1 is 1.06 bits per heavy atom. The number of ether oxygens (including phenoxy) is 1. The number of esters is 1. The van der Waals surface area contributed by atoms with Crippen LogP contribution in [0.25, 0.3) is 0 Å². The van der Waals surface area contributed by atoms with E-state index in [0.717, 1.165) is 24.8 Å². The molecule has 0 aliphatic carbocycles. The molecule has 2 amide bonds. The van der Waals surface area contributed by atoms with E-state index in [4.69, 9.17) is 4.74 Å². The molecule has 1 rings (SSSR count). The number of aliphatic hydroxyl groups is 1. The number of allylic oxidation sites excluding steroid dienone is 2. The fraction of sp³-hybridized carbons (Fsp3) is 0.552. The van der Waals surface area contributed by atoms with Crippen LogP contribution in [-0.2, 0) is 25.5 Å². The Balaban J connectivity index is 2.70. The van der Waals surface area contributed by atoms with Crippen molar-refractivity contribution in [3.05, 3.63) is 61.2 Å². The van der Waals surface area contributed by atoms with Crippen LogP contribution in [0.3, 0.4) is 0 Å². The number of nitrogens with one attached hydrogen (secondary N) is 2. The predicted octanol–water partition coefficient (Wildman–Crippen LogP) is 4.11. The van der Waals surface area contributed by atoms with Gasteiger partial charge in [0.05, 0.1) is 24.6 Å². The molecule has 0 aromatic heterocycles. The summed E-state index contributed by atoms with van der Waals surface area (Å²) in [5.41, 5.74) is 0.637. The summed E-state index contributed by atoms with van der Waals surface area (Å²) in [4.78, 5) is 38.0. The van der Waals surface area contributed by atoms with E-state index in [1.54, 1.807) is 6.08 Å². The highest BCUT2D eigenvalue weighted by molar-refractivity contribution is 5.86. The number of rotatable bonds is 17. The zero-order valence-electron chi connectivity index (χ0n) is 22.1. The van der Waals surface area contributed by atoms with Crippen LogP contribution >= 0.6 is 0 Å². The molecule has 3 unspecified atom stereocenters. The minimum absolute atomic E-state index is 0.0386. The van der Waals surface area contributed by atoms with Crippen LogP contribution in [-0.4, -0.2) is 48.2 Å². The van der Waals surface area contributed by atoms with E-state index >= 15 is 0 Å². The van der Waals surface area contributed by atoms with Gasteiger partial charge < -0.3 is 20.5 Å². The largest absolute Gasteiger partial charge is 0.463 e. The fourth-order valence-electron chi connectivity index (χ4n) is 3.66. The highest BCUT2D eigenvalue weighted by Gasteiger charge is 2.31. The second-order valence-electron chi connectivity index (χ2n) is 10.2. The Hall–Kier alpha value is -2.93. The van der Waals surface area contributed by atoms with Crippen LogP contribution in [0.1, 0.15) is 64.9 Å². The maximum absolute atomic E-state index is 13.1. The summed E-state index contributed by atoms with van der Waals surface area (Å²) in [6.45, 7) is 13.1. The lowest BCUT2D eigenvalue weighted by atomic mass is 9.86. The number of hydrogen-bond donors (Lipinski definition) is 3. The zero-order valence-corrected chi connectivity index (χ0v) is 22.1. The van der Waals surface area contributed by atoms with Gasteiger partial charge in [-0.15, -0.1) is 13.2 Å². The van der Waals surface area contributed by atoms with Gasteiger partial charge in [0.1, 0.15) is 6.61 Å². The second-order valence-corrected chi connectivity index (χ2v) is 10.2. The summed E-state index contributed by atoms with van der Waals surface area (Å²) in [6, 6.07) is 8.72. The molecule has 0 bridgehead atoms. The summed E-state index contributed by atoms with van der Waals surface area (Å²) >= 11 is 0. The predicted molar refractivity (Wildman–Crippen MR) is 143 cm³/mol. The molecule has 0 fully saturated rings. The van der Waals surface area contributed by atoms with Crippen molar-refractivity contribution in [3.63, 3.8) is 0 Å². The molecule has 3 N–H and O–H groups in total. The Morgan fingerprint density at radius 2 is 1.75 bits per heavy atom. The summed E-state index contributed by atoms with van der Waals surface area (Å²) in [6.07, 6.45) is 7.00. The van der Waals surface area contributed by atoms with Crippen molar-refractivity contribution >= 4 is 17.8 Å². The first-order valence-corrected chi connectivity index (χ1v) is 12.7. The second kappa shape index (κ2) is 16.7. The van der Waals surface area contributed by atoms with Crippen LogP contribution in [0.4, 0.5) is 0 Å². The van der Waals surface area contributed by atoms with Gasteiger partial charge in [-0.25, -0.2) is 0 Å². The smallest absolute Gasteiger partial charge is 0.305 e. The van der Waals surface area contributed by atoms with Crippen molar-refractivity contribution in [1.82, 2.24) is 10.6 Å². The van der Waals surface area contributed by atoms with Crippen LogP contribution in [0, 0.1) is 11.3 Å². The van der Waals surface area contributed by atoms with E-state index < -0.39 is 18.0 Å². The lowest BCUT2D eigenvalue weighted by molar-refractivity contribution is -0.146. The first kappa shape index (κ1) is 31.1. The molecule has 36 heavy (non-hydrogen) atoms. The van der Waals surface area contributed by atoms with Gasteiger partial charge in [0.25, 0.3) is 0 Å². The first-order chi connectivity index (χ1) is 17.1. The van der Waals surface area contributed by atoms with E-state index in [1.807, 2.05) is 57.2 Å². The normalized spacial score (nSPS) is 13.7. The van der Waals surface area contributed by atoms with Crippen molar-refractivity contribution in [2.45, 2.75) is 77.8 Å². The standard InChI is InChI=1S/C29H44N2O5/c1-6-8-9-13-17-27(34)36-21-25(29(3,4)5)31-28(35)23(14-7-2)19-26(33)30-24(20-32)18-22-15-11-10-12-16-22/h6-7,10-12,15-16,23-25,32H,1-2,8-9,13-14,17-21H2,3-5H3,(H,30,33)(H,31,35). The lowest BCUT2D eigenvalue weighted by Crippen LogP contribution is -2.50. The fourth-order valence-corrected chi connectivity index (χ4v) is 3.66. The van der Waals surface area contributed by atoms with Crippen molar-refractivity contribution in [3.8, 4) is 0 Å². The zero-order chi connectivity index (χ0) is 27.0. The van der Waals surface area contributed by atoms with Gasteiger partial charge in [0.15, 0.2) is 0 Å². The Morgan fingerprint density at radius 3 is 2.33 bits per heavy atom. The monoisotopic (exact) mass is 500 g/mol. The highest BCUT2D eigenvalue weighted by atomic mass is 16.5. The van der Waals surface area contributed by atoms with Gasteiger partial charge >= 0.3 is 5.97 Å². The lowest BCUT2D eigenvalue weighted by Gasteiger charge is -2.32. The van der Waals surface area contributed by atoms with E-state index in [9.17, 15) is 19.5 Å². The molecule has 7 nitrogen and oxygen atoms in total. The topological polar surface area (TPSA) is 105 Å². The average Bonchev–Trinajstić information content (AvgIpc) is 2.83. The van der Waals surface area contributed by atoms with Gasteiger partial charge in [-0.05, 0) is 43.1 Å². The summed E-state index contributed by atoms with van der Waals surface area (Å²) in [5.74, 6) is -1.53. The van der Waals surface area contributed by atoms with Crippen LogP contribution < -0.4 is 10.6 Å². The number of amides is 2. The van der Waals surface area contributed by atoms with Crippen molar-refractivity contribution in [2.75, 3.05) is 13.2 Å². The van der Waals surface area contributed by atoms with Crippen LogP contribution in [0.2, 0.25) is 0 Å². The van der Waals surface area contributed by atoms with E-state index in [2.05, 4.69) is 23.8 Å². The molecule has 7 heteroatoms. The highest BCUT2D eigenvalue weighted by Crippen LogP contribution is 2.21. The molecule has 0 heterocycles. The Bertz CT molecular complexity index is 832. The van der Waals surface area contributed by atoms with Crippen LogP contribution in [0.15, 0.2) is 55.6 Å². The number of benzene rings is 1. The van der Waals surface area contributed by atoms with Gasteiger partial charge in [0, 0.05) is 12.8 Å². The molecule has 0 spiro atoms. The van der Waals surface area contributed by atoms with Gasteiger partial charge in [0.2, 0.25) is 11.8 Å². The number of unbranched alkanes of at least 4 members (excludes halogenated alkanes) is 2. The third kappa shape index (κ3) is 12.7. The maximum atomic E-state index is 13.1. The van der Waals surface area contributed by atoms with Crippen molar-refractivity contribution < 1.29 is 24.2 Å². The molecular weight excluding hydrogens is 456 g/mol. The number of hydrogen-bond acceptors (Lipinski definition) is 5. The molecule has 1 aromatic carbocycles. The van der Waals surface area contributed by atoms with Gasteiger partial charge in [-0.1, -0.05) is 63.3 Å². The molecule has 0 radical (unpaired) electrons. The third-order valence-electron chi connectivity index (χ3n) is 5.98. The average molecular weight is 501 g/mol. The number of aliphatic hydroxyl groups excluding tert-OH is 1. The Labute approximate surface area is 216 Å². The van der Waals surface area contributed by atoms with Crippen molar-refractivity contribution in [2.24, 2.45) is 11.3 Å². The first-order valence-electron chi connectivity index (χ1n) is 12.7. The van der Waals surface area contributed by atoms with Crippen LogP contribution in [0.5, 0.6) is 0 Å². The van der Waals surface area contributed by atoms with Crippen molar-refractivity contribution in [1.29, 1.82) is 0 Å². The van der Waals surface area contributed by atoms with Gasteiger partial charge in [-0.3, -0.25) is 14.4 Å². The van der Waals surface area contributed by atoms with E-state index in [-0.39, 0.29) is 42.8 Å². The molecule has 200 valence electrons. The molecule has 0 aliphatic rings. The number of carbonyl (C=O) groups is 3. The summed E-state index contributed by atoms with van der Waals surface area (Å²) in [5, 5.41) is 15.5. The van der Waals surface area contributed by atoms with Gasteiger partial charge in [-0.2, -0.15) is 0 Å². The SMILES string of the molecule is C=CCCCCC(=O)OCC(NC(=O)C(CC=C)CC(=O)NC(CO)Cc1ccccc1)C(C)(C)C. The summed E-state index contributed by atoms with van der Waals surface area (Å²) < 4.78 is 5.45. The van der Waals surface area contributed by atoms with E-state index in [0.29, 0.717) is 19.3 Å². The maximum Gasteiger partial charge on any atom is 0.305 e. The molecule has 0 aliphatic heterocycles. The third-order valence-corrected chi connectivity index (χ3v) is 5.98. The van der Waals surface area contributed by atoms with E-state index in [1.165, 1.54) is 0 Å². The molecular formula is C29H44N2O5. The minimum atomic E-state index is -0.627. The molecule has 1 aromatic rings. The molecule has 0 saturated carbocycles.